The lowest BCUT2D eigenvalue weighted by molar-refractivity contribution is -0.297. The summed E-state index contributed by atoms with van der Waals surface area (Å²) in [4.78, 5) is 47.0. The van der Waals surface area contributed by atoms with Crippen LogP contribution in [0.3, 0.4) is 0 Å². The summed E-state index contributed by atoms with van der Waals surface area (Å²) in [6, 6.07) is -0.998. The third-order valence-corrected chi connectivity index (χ3v) is 3.10. The topological polar surface area (TPSA) is 116 Å². The van der Waals surface area contributed by atoms with E-state index in [2.05, 4.69) is 5.32 Å². The van der Waals surface area contributed by atoms with Crippen LogP contribution in [0, 0.1) is 0 Å². The standard InChI is InChI=1S/C14H20N2O6/c1-2-3-8-22-13(20)9-10-14(21)15-6-7-16(10)11(17)4-5-12(18)19/h4-5,10H,2-3,6-9H2,1H3,(H,15,21)(H,18,19)/p-1/b5-4+/t10-/m0/s1. The molecule has 8 heteroatoms. The summed E-state index contributed by atoms with van der Waals surface area (Å²) in [5.41, 5.74) is 0. The molecule has 1 saturated heterocycles. The van der Waals surface area contributed by atoms with Gasteiger partial charge in [0.2, 0.25) is 11.8 Å². The summed E-state index contributed by atoms with van der Waals surface area (Å²) in [6.45, 7) is 2.65. The van der Waals surface area contributed by atoms with Crippen molar-refractivity contribution in [2.45, 2.75) is 32.2 Å². The fourth-order valence-electron chi connectivity index (χ4n) is 1.96. The highest BCUT2D eigenvalue weighted by Gasteiger charge is 2.34. The van der Waals surface area contributed by atoms with Crippen molar-refractivity contribution in [3.63, 3.8) is 0 Å². The first-order valence-electron chi connectivity index (χ1n) is 7.08. The molecule has 1 heterocycles. The van der Waals surface area contributed by atoms with Gasteiger partial charge in [-0.3, -0.25) is 14.4 Å². The van der Waals surface area contributed by atoms with E-state index in [-0.39, 0.29) is 26.1 Å². The van der Waals surface area contributed by atoms with E-state index in [0.29, 0.717) is 6.08 Å². The average molecular weight is 311 g/mol. The van der Waals surface area contributed by atoms with Crippen LogP contribution in [0.5, 0.6) is 0 Å². The number of rotatable bonds is 7. The first-order valence-corrected chi connectivity index (χ1v) is 7.08. The number of carbonyl (C=O) groups is 4. The van der Waals surface area contributed by atoms with Gasteiger partial charge < -0.3 is 24.9 Å². The minimum Gasteiger partial charge on any atom is -0.545 e. The Hall–Kier alpha value is -2.38. The Balaban J connectivity index is 2.68. The fourth-order valence-corrected chi connectivity index (χ4v) is 1.96. The van der Waals surface area contributed by atoms with Gasteiger partial charge in [0.25, 0.3) is 0 Å². The molecule has 2 amide bonds. The van der Waals surface area contributed by atoms with E-state index < -0.39 is 29.8 Å². The van der Waals surface area contributed by atoms with Gasteiger partial charge in [-0.15, -0.1) is 0 Å². The highest BCUT2D eigenvalue weighted by Crippen LogP contribution is 2.11. The van der Waals surface area contributed by atoms with Gasteiger partial charge in [-0.1, -0.05) is 13.3 Å². The molecule has 0 bridgehead atoms. The number of aliphatic carboxylic acids is 1. The number of carboxylic acid groups (broad SMARTS) is 1. The monoisotopic (exact) mass is 311 g/mol. The number of carbonyl (C=O) groups excluding carboxylic acids is 4. The summed E-state index contributed by atoms with van der Waals surface area (Å²) in [7, 11) is 0. The lowest BCUT2D eigenvalue weighted by Crippen LogP contribution is -2.57. The molecular weight excluding hydrogens is 292 g/mol. The molecule has 22 heavy (non-hydrogen) atoms. The Morgan fingerprint density at radius 3 is 2.77 bits per heavy atom. The van der Waals surface area contributed by atoms with Gasteiger partial charge in [0.05, 0.1) is 19.0 Å². The number of piperazine rings is 1. The number of carboxylic acids is 1. The molecule has 1 rings (SSSR count). The lowest BCUT2D eigenvalue weighted by atomic mass is 10.1. The van der Waals surface area contributed by atoms with Gasteiger partial charge in [0.1, 0.15) is 6.04 Å². The molecule has 1 fully saturated rings. The molecule has 0 aromatic carbocycles. The molecule has 0 aliphatic carbocycles. The molecule has 1 aliphatic heterocycles. The molecular formula is C14H19N2O6-. The molecule has 8 nitrogen and oxygen atoms in total. The van der Waals surface area contributed by atoms with E-state index in [1.165, 1.54) is 0 Å². The van der Waals surface area contributed by atoms with Crippen molar-refractivity contribution in [3.05, 3.63) is 12.2 Å². The Labute approximate surface area is 128 Å². The minimum absolute atomic E-state index is 0.189. The summed E-state index contributed by atoms with van der Waals surface area (Å²) >= 11 is 0. The van der Waals surface area contributed by atoms with Crippen molar-refractivity contribution >= 4 is 23.8 Å². The second kappa shape index (κ2) is 8.81. The van der Waals surface area contributed by atoms with Crippen LogP contribution in [0.25, 0.3) is 0 Å². The summed E-state index contributed by atoms with van der Waals surface area (Å²) in [6.07, 6.45) is 2.73. The zero-order valence-corrected chi connectivity index (χ0v) is 12.4. The van der Waals surface area contributed by atoms with Crippen LogP contribution < -0.4 is 10.4 Å². The van der Waals surface area contributed by atoms with Crippen molar-refractivity contribution in [2.24, 2.45) is 0 Å². The molecule has 0 spiro atoms. The van der Waals surface area contributed by atoms with Crippen LogP contribution >= 0.6 is 0 Å². The molecule has 122 valence electrons. The SMILES string of the molecule is CCCCOC(=O)C[C@H]1C(=O)NCCN1C(=O)/C=C/C(=O)[O-]. The molecule has 1 atom stereocenters. The molecule has 0 saturated carbocycles. The normalized spacial score (nSPS) is 18.1. The van der Waals surface area contributed by atoms with Gasteiger partial charge in [-0.05, 0) is 12.5 Å². The Morgan fingerprint density at radius 1 is 1.41 bits per heavy atom. The number of hydrogen-bond acceptors (Lipinski definition) is 6. The second-order valence-corrected chi connectivity index (χ2v) is 4.77. The van der Waals surface area contributed by atoms with Crippen molar-refractivity contribution in [1.82, 2.24) is 10.2 Å². The summed E-state index contributed by atoms with van der Waals surface area (Å²) in [5.74, 6) is -3.21. The van der Waals surface area contributed by atoms with E-state index in [4.69, 9.17) is 4.74 Å². The maximum atomic E-state index is 11.9. The molecule has 0 aromatic heterocycles. The average Bonchev–Trinajstić information content (AvgIpc) is 2.47. The Bertz CT molecular complexity index is 474. The maximum Gasteiger partial charge on any atom is 0.308 e. The van der Waals surface area contributed by atoms with Crippen LogP contribution in [0.15, 0.2) is 12.2 Å². The quantitative estimate of drug-likeness (QED) is 0.342. The maximum absolute atomic E-state index is 11.9. The Morgan fingerprint density at radius 2 is 2.14 bits per heavy atom. The van der Waals surface area contributed by atoms with Crippen molar-refractivity contribution in [1.29, 1.82) is 0 Å². The molecule has 0 radical (unpaired) electrons. The van der Waals surface area contributed by atoms with Gasteiger partial charge in [0.15, 0.2) is 0 Å². The van der Waals surface area contributed by atoms with Gasteiger partial charge in [-0.25, -0.2) is 0 Å². The Kier molecular flexibility index (Phi) is 7.07. The van der Waals surface area contributed by atoms with Gasteiger partial charge in [0, 0.05) is 19.2 Å². The molecule has 0 aromatic rings. The van der Waals surface area contributed by atoms with E-state index >= 15 is 0 Å². The van der Waals surface area contributed by atoms with Crippen LogP contribution in [0.4, 0.5) is 0 Å². The first-order chi connectivity index (χ1) is 10.5. The third kappa shape index (κ3) is 5.55. The summed E-state index contributed by atoms with van der Waals surface area (Å²) < 4.78 is 4.98. The molecule has 0 unspecified atom stereocenters. The van der Waals surface area contributed by atoms with Gasteiger partial charge >= 0.3 is 5.97 Å². The molecule has 1 N–H and O–H groups in total. The van der Waals surface area contributed by atoms with E-state index in [1.54, 1.807) is 0 Å². The highest BCUT2D eigenvalue weighted by atomic mass is 16.5. The van der Waals surface area contributed by atoms with Gasteiger partial charge in [-0.2, -0.15) is 0 Å². The predicted octanol–water partition coefficient (Wildman–Crippen LogP) is -1.65. The summed E-state index contributed by atoms with van der Waals surface area (Å²) in [5, 5.41) is 12.9. The van der Waals surface area contributed by atoms with Crippen LogP contribution in [0.1, 0.15) is 26.2 Å². The number of nitrogens with one attached hydrogen (secondary N) is 1. The third-order valence-electron chi connectivity index (χ3n) is 3.10. The van der Waals surface area contributed by atoms with Crippen LogP contribution in [-0.4, -0.2) is 54.4 Å². The zero-order valence-electron chi connectivity index (χ0n) is 12.4. The number of hydrogen-bond donors (Lipinski definition) is 1. The fraction of sp³-hybridized carbons (Fsp3) is 0.571. The number of unbranched alkanes of at least 4 members (excludes halogenated alkanes) is 1. The number of esters is 1. The van der Waals surface area contributed by atoms with Crippen LogP contribution in [0.2, 0.25) is 0 Å². The largest absolute Gasteiger partial charge is 0.545 e. The minimum atomic E-state index is -1.51. The number of nitrogens with zero attached hydrogens (tertiary/aromatic N) is 1. The van der Waals surface area contributed by atoms with Crippen LogP contribution in [-0.2, 0) is 23.9 Å². The van der Waals surface area contributed by atoms with Crippen molar-refractivity contribution in [2.75, 3.05) is 19.7 Å². The second-order valence-electron chi connectivity index (χ2n) is 4.77. The lowest BCUT2D eigenvalue weighted by Gasteiger charge is -2.33. The van der Waals surface area contributed by atoms with Crippen molar-refractivity contribution in [3.8, 4) is 0 Å². The predicted molar refractivity (Wildman–Crippen MR) is 73.1 cm³/mol. The zero-order chi connectivity index (χ0) is 16.5. The number of ether oxygens (including phenoxy) is 1. The van der Waals surface area contributed by atoms with E-state index in [9.17, 15) is 24.3 Å². The van der Waals surface area contributed by atoms with Crippen molar-refractivity contribution < 1.29 is 29.0 Å². The smallest absolute Gasteiger partial charge is 0.308 e. The number of amides is 2. The highest BCUT2D eigenvalue weighted by molar-refractivity contribution is 5.98. The first kappa shape index (κ1) is 17.7. The molecule has 1 aliphatic rings. The van der Waals surface area contributed by atoms with E-state index in [0.717, 1.165) is 23.8 Å². The van der Waals surface area contributed by atoms with E-state index in [1.807, 2.05) is 6.92 Å².